The van der Waals surface area contributed by atoms with Crippen LogP contribution in [-0.4, -0.2) is 50.7 Å². The number of nitrogens with zero attached hydrogens (tertiary/aromatic N) is 2. The second kappa shape index (κ2) is 5.58. The highest BCUT2D eigenvalue weighted by Crippen LogP contribution is 2.18. The van der Waals surface area contributed by atoms with Gasteiger partial charge >= 0.3 is 0 Å². The van der Waals surface area contributed by atoms with Crippen LogP contribution in [-0.2, 0) is 26.5 Å². The van der Waals surface area contributed by atoms with Crippen molar-refractivity contribution >= 4 is 10.0 Å². The van der Waals surface area contributed by atoms with Crippen molar-refractivity contribution < 1.29 is 17.9 Å². The first-order valence-electron chi connectivity index (χ1n) is 6.11. The fourth-order valence-electron chi connectivity index (χ4n) is 2.07. The number of nitrogens with one attached hydrogen (secondary N) is 1. The summed E-state index contributed by atoms with van der Waals surface area (Å²) in [6, 6.07) is 0. The molecule has 1 N–H and O–H groups in total. The lowest BCUT2D eigenvalue weighted by Gasteiger charge is -2.23. The molecule has 1 saturated heterocycles. The first-order chi connectivity index (χ1) is 8.92. The lowest BCUT2D eigenvalue weighted by Crippen LogP contribution is -2.39. The van der Waals surface area contributed by atoms with Gasteiger partial charge in [-0.2, -0.15) is 5.10 Å². The molecule has 19 heavy (non-hydrogen) atoms. The molecule has 1 fully saturated rings. The molecular weight excluding hydrogens is 270 g/mol. The molecule has 0 spiro atoms. The lowest BCUT2D eigenvalue weighted by atomic mass is 10.3. The fourth-order valence-corrected chi connectivity index (χ4v) is 3.57. The molecule has 0 amide bonds. The normalized spacial score (nSPS) is 20.7. The molecular formula is C11H19N3O4S. The van der Waals surface area contributed by atoms with Gasteiger partial charge in [0.15, 0.2) is 0 Å². The summed E-state index contributed by atoms with van der Waals surface area (Å²) in [4.78, 5) is 0.242. The molecule has 1 aliphatic heterocycles. The van der Waals surface area contributed by atoms with Crippen molar-refractivity contribution in [3.8, 4) is 0 Å². The minimum absolute atomic E-state index is 0.204. The Balaban J connectivity index is 2.09. The molecule has 1 atom stereocenters. The molecule has 2 heterocycles. The van der Waals surface area contributed by atoms with Gasteiger partial charge in [0, 0.05) is 13.6 Å². The SMILES string of the molecule is Cc1nn(C)c(C)c1S(=O)(=O)NCC1COCCO1. The molecule has 0 radical (unpaired) electrons. The van der Waals surface area contributed by atoms with Crippen molar-refractivity contribution in [2.24, 2.45) is 7.05 Å². The van der Waals surface area contributed by atoms with E-state index < -0.39 is 10.0 Å². The average molecular weight is 289 g/mol. The number of aromatic nitrogens is 2. The zero-order valence-corrected chi connectivity index (χ0v) is 12.2. The Morgan fingerprint density at radius 1 is 1.42 bits per heavy atom. The smallest absolute Gasteiger partial charge is 0.244 e. The second-order valence-electron chi connectivity index (χ2n) is 4.54. The van der Waals surface area contributed by atoms with Crippen LogP contribution in [0.2, 0.25) is 0 Å². The van der Waals surface area contributed by atoms with Gasteiger partial charge in [-0.25, -0.2) is 13.1 Å². The highest BCUT2D eigenvalue weighted by Gasteiger charge is 2.25. The minimum Gasteiger partial charge on any atom is -0.376 e. The summed E-state index contributed by atoms with van der Waals surface area (Å²) < 4.78 is 39.3. The van der Waals surface area contributed by atoms with Gasteiger partial charge in [0.05, 0.1) is 37.3 Å². The molecule has 1 aromatic rings. The molecule has 1 aliphatic rings. The lowest BCUT2D eigenvalue weighted by molar-refractivity contribution is -0.0846. The van der Waals surface area contributed by atoms with Gasteiger partial charge in [-0.1, -0.05) is 0 Å². The summed E-state index contributed by atoms with van der Waals surface area (Å²) in [5, 5.41) is 4.11. The fraction of sp³-hybridized carbons (Fsp3) is 0.727. The number of rotatable bonds is 4. The molecule has 8 heteroatoms. The van der Waals surface area contributed by atoms with Crippen molar-refractivity contribution in [3.63, 3.8) is 0 Å². The second-order valence-corrected chi connectivity index (χ2v) is 6.25. The Bertz CT molecular complexity index is 547. The van der Waals surface area contributed by atoms with Crippen LogP contribution in [0.4, 0.5) is 0 Å². The van der Waals surface area contributed by atoms with E-state index in [1.54, 1.807) is 25.6 Å². The van der Waals surface area contributed by atoms with Gasteiger partial charge in [-0.3, -0.25) is 4.68 Å². The van der Waals surface area contributed by atoms with E-state index in [9.17, 15) is 8.42 Å². The topological polar surface area (TPSA) is 82.5 Å². The van der Waals surface area contributed by atoms with E-state index in [1.165, 1.54) is 0 Å². The molecule has 108 valence electrons. The third-order valence-electron chi connectivity index (χ3n) is 3.10. The van der Waals surface area contributed by atoms with Crippen LogP contribution in [0.15, 0.2) is 4.90 Å². The average Bonchev–Trinajstić information content (AvgIpc) is 2.63. The maximum Gasteiger partial charge on any atom is 0.244 e. The predicted octanol–water partition coefficient (Wildman–Crippen LogP) is -0.269. The third-order valence-corrected chi connectivity index (χ3v) is 4.77. The quantitative estimate of drug-likeness (QED) is 0.825. The zero-order valence-electron chi connectivity index (χ0n) is 11.3. The van der Waals surface area contributed by atoms with Crippen LogP contribution in [0.1, 0.15) is 11.4 Å². The van der Waals surface area contributed by atoms with E-state index in [0.29, 0.717) is 31.2 Å². The summed E-state index contributed by atoms with van der Waals surface area (Å²) in [5.41, 5.74) is 1.11. The monoisotopic (exact) mass is 289 g/mol. The Morgan fingerprint density at radius 2 is 2.16 bits per heavy atom. The first-order valence-corrected chi connectivity index (χ1v) is 7.59. The summed E-state index contributed by atoms with van der Waals surface area (Å²) in [6.07, 6.45) is -0.235. The first kappa shape index (κ1) is 14.4. The maximum absolute atomic E-state index is 12.3. The third kappa shape index (κ3) is 3.14. The van der Waals surface area contributed by atoms with Gasteiger partial charge < -0.3 is 9.47 Å². The highest BCUT2D eigenvalue weighted by atomic mass is 32.2. The van der Waals surface area contributed by atoms with Gasteiger partial charge in [-0.15, -0.1) is 0 Å². The predicted molar refractivity (Wildman–Crippen MR) is 68.4 cm³/mol. The molecule has 0 bridgehead atoms. The van der Waals surface area contributed by atoms with E-state index >= 15 is 0 Å². The Labute approximate surface area is 112 Å². The minimum atomic E-state index is -3.57. The van der Waals surface area contributed by atoms with Gasteiger partial charge in [0.2, 0.25) is 10.0 Å². The van der Waals surface area contributed by atoms with Crippen LogP contribution in [0, 0.1) is 13.8 Å². The van der Waals surface area contributed by atoms with Gasteiger partial charge in [0.25, 0.3) is 0 Å². The Hall–Kier alpha value is -0.960. The van der Waals surface area contributed by atoms with Crippen LogP contribution in [0.5, 0.6) is 0 Å². The Kier molecular flexibility index (Phi) is 4.24. The zero-order chi connectivity index (χ0) is 14.0. The standard InChI is InChI=1S/C11H19N3O4S/c1-8-11(9(2)14(3)13-8)19(15,16)12-6-10-7-17-4-5-18-10/h10,12H,4-7H2,1-3H3. The van der Waals surface area contributed by atoms with Crippen molar-refractivity contribution in [3.05, 3.63) is 11.4 Å². The van der Waals surface area contributed by atoms with Crippen LogP contribution < -0.4 is 4.72 Å². The summed E-state index contributed by atoms with van der Waals surface area (Å²) in [6.45, 7) is 5.08. The van der Waals surface area contributed by atoms with E-state index in [1.807, 2.05) is 0 Å². The van der Waals surface area contributed by atoms with Gasteiger partial charge in [-0.05, 0) is 13.8 Å². The number of aryl methyl sites for hydroxylation is 2. The summed E-state index contributed by atoms with van der Waals surface area (Å²) >= 11 is 0. The van der Waals surface area contributed by atoms with Crippen LogP contribution >= 0.6 is 0 Å². The van der Waals surface area contributed by atoms with Crippen LogP contribution in [0.25, 0.3) is 0 Å². The molecule has 1 aromatic heterocycles. The number of hydrogen-bond donors (Lipinski definition) is 1. The maximum atomic E-state index is 12.3. The molecule has 0 aromatic carbocycles. The summed E-state index contributed by atoms with van der Waals surface area (Å²) in [7, 11) is -1.85. The van der Waals surface area contributed by atoms with E-state index in [4.69, 9.17) is 9.47 Å². The van der Waals surface area contributed by atoms with E-state index in [0.717, 1.165) is 0 Å². The van der Waals surface area contributed by atoms with Crippen LogP contribution in [0.3, 0.4) is 0 Å². The number of hydrogen-bond acceptors (Lipinski definition) is 5. The number of ether oxygens (including phenoxy) is 2. The van der Waals surface area contributed by atoms with Crippen molar-refractivity contribution in [2.45, 2.75) is 24.8 Å². The summed E-state index contributed by atoms with van der Waals surface area (Å²) in [5.74, 6) is 0. The van der Waals surface area contributed by atoms with Crippen molar-refractivity contribution in [1.29, 1.82) is 0 Å². The Morgan fingerprint density at radius 3 is 2.68 bits per heavy atom. The highest BCUT2D eigenvalue weighted by molar-refractivity contribution is 7.89. The van der Waals surface area contributed by atoms with Crippen molar-refractivity contribution in [2.75, 3.05) is 26.4 Å². The molecule has 7 nitrogen and oxygen atoms in total. The molecule has 0 aliphatic carbocycles. The van der Waals surface area contributed by atoms with Crippen molar-refractivity contribution in [1.82, 2.24) is 14.5 Å². The molecule has 1 unspecified atom stereocenters. The number of sulfonamides is 1. The largest absolute Gasteiger partial charge is 0.376 e. The van der Waals surface area contributed by atoms with E-state index in [-0.39, 0.29) is 17.5 Å². The molecule has 2 rings (SSSR count). The van der Waals surface area contributed by atoms with Gasteiger partial charge in [0.1, 0.15) is 4.90 Å². The van der Waals surface area contributed by atoms with E-state index in [2.05, 4.69) is 9.82 Å². The molecule has 0 saturated carbocycles.